The number of amides is 3. The number of guanidine groups is 1. The molecule has 3 aromatic rings. The van der Waals surface area contributed by atoms with Crippen molar-refractivity contribution in [1.82, 2.24) is 16.0 Å². The van der Waals surface area contributed by atoms with E-state index in [4.69, 9.17) is 5.73 Å². The summed E-state index contributed by atoms with van der Waals surface area (Å²) in [4.78, 5) is 42.3. The molecular formula is C30H35N5O4. The third-order valence-corrected chi connectivity index (χ3v) is 6.10. The van der Waals surface area contributed by atoms with E-state index >= 15 is 0 Å². The highest BCUT2D eigenvalue weighted by atomic mass is 16.5. The number of hydrogen-bond acceptors (Lipinski definition) is 5. The van der Waals surface area contributed by atoms with Crippen molar-refractivity contribution in [2.45, 2.75) is 38.3 Å². The number of ether oxygens (including phenoxy) is 1. The number of benzene rings is 3. The van der Waals surface area contributed by atoms with Gasteiger partial charge >= 0.3 is 6.09 Å². The molecule has 0 aliphatic carbocycles. The number of carbonyl (C=O) groups is 3. The highest BCUT2D eigenvalue weighted by Gasteiger charge is 2.27. The zero-order chi connectivity index (χ0) is 28.0. The highest BCUT2D eigenvalue weighted by molar-refractivity contribution is 5.93. The molecular weight excluding hydrogens is 494 g/mol. The van der Waals surface area contributed by atoms with Gasteiger partial charge in [-0.15, -0.1) is 0 Å². The lowest BCUT2D eigenvalue weighted by molar-refractivity contribution is -0.129. The Kier molecular flexibility index (Phi) is 11.1. The summed E-state index contributed by atoms with van der Waals surface area (Å²) in [7, 11) is 1.23. The van der Waals surface area contributed by atoms with E-state index < -0.39 is 18.1 Å². The van der Waals surface area contributed by atoms with Gasteiger partial charge in [0.25, 0.3) is 0 Å². The minimum absolute atomic E-state index is 0.0838. The maximum Gasteiger partial charge on any atom is 0.413 e. The maximum atomic E-state index is 13.7. The van der Waals surface area contributed by atoms with Gasteiger partial charge in [-0.3, -0.25) is 19.9 Å². The molecule has 0 radical (unpaired) electrons. The Balaban J connectivity index is 1.74. The number of methoxy groups -OCH3 is 1. The molecule has 1 atom stereocenters. The van der Waals surface area contributed by atoms with Crippen molar-refractivity contribution in [3.05, 3.63) is 107 Å². The molecule has 0 aliphatic rings. The van der Waals surface area contributed by atoms with Crippen LogP contribution in [0.2, 0.25) is 0 Å². The van der Waals surface area contributed by atoms with Gasteiger partial charge in [-0.25, -0.2) is 4.79 Å². The zero-order valence-electron chi connectivity index (χ0n) is 22.2. The van der Waals surface area contributed by atoms with Crippen molar-refractivity contribution in [2.75, 3.05) is 13.7 Å². The second-order valence-corrected chi connectivity index (χ2v) is 9.04. The van der Waals surface area contributed by atoms with Crippen LogP contribution < -0.4 is 21.7 Å². The van der Waals surface area contributed by atoms with Gasteiger partial charge in [0.2, 0.25) is 11.8 Å². The van der Waals surface area contributed by atoms with Crippen LogP contribution >= 0.6 is 0 Å². The van der Waals surface area contributed by atoms with E-state index in [0.29, 0.717) is 19.4 Å². The summed E-state index contributed by atoms with van der Waals surface area (Å²) in [6.45, 7) is 2.58. The standard InChI is InChI=1S/C30H35N5O4/c1-21-15-17-22(18-16-21)20-33-27(36)25(14-9-19-32-29(31)35-30(38)39-2)34-28(37)26(23-10-5-3-6-11-23)24-12-7-4-8-13-24/h3-8,10-13,15-18,25-26H,9,14,19-20H2,1-2H3,(H,33,36)(H,34,37)(H3,31,32,35,38). The average molecular weight is 530 g/mol. The monoisotopic (exact) mass is 529 g/mol. The SMILES string of the molecule is COC(=O)NC(N)=NCCCC(NC(=O)C(c1ccccc1)c1ccccc1)C(=O)NCc1ccc(C)cc1. The molecule has 0 saturated heterocycles. The topological polar surface area (TPSA) is 135 Å². The van der Waals surface area contributed by atoms with Crippen molar-refractivity contribution in [3.63, 3.8) is 0 Å². The van der Waals surface area contributed by atoms with E-state index in [2.05, 4.69) is 25.7 Å². The average Bonchev–Trinajstić information content (AvgIpc) is 2.95. The fourth-order valence-electron chi connectivity index (χ4n) is 4.02. The molecule has 0 fully saturated rings. The first-order chi connectivity index (χ1) is 18.9. The molecule has 9 nitrogen and oxygen atoms in total. The van der Waals surface area contributed by atoms with Crippen molar-refractivity contribution >= 4 is 23.9 Å². The number of rotatable bonds is 11. The quantitative estimate of drug-likeness (QED) is 0.172. The van der Waals surface area contributed by atoms with E-state index in [1.807, 2.05) is 91.9 Å². The second kappa shape index (κ2) is 14.9. The molecule has 0 spiro atoms. The third kappa shape index (κ3) is 9.30. The third-order valence-electron chi connectivity index (χ3n) is 6.10. The maximum absolute atomic E-state index is 13.7. The summed E-state index contributed by atoms with van der Waals surface area (Å²) in [5.41, 5.74) is 9.42. The van der Waals surface area contributed by atoms with Crippen LogP contribution in [0.3, 0.4) is 0 Å². The predicted octanol–water partition coefficient (Wildman–Crippen LogP) is 3.38. The normalized spacial score (nSPS) is 11.9. The fraction of sp³-hybridized carbons (Fsp3) is 0.267. The van der Waals surface area contributed by atoms with Crippen LogP contribution in [-0.2, 0) is 20.9 Å². The van der Waals surface area contributed by atoms with Crippen LogP contribution in [0, 0.1) is 6.92 Å². The van der Waals surface area contributed by atoms with E-state index in [9.17, 15) is 14.4 Å². The molecule has 3 rings (SSSR count). The number of aryl methyl sites for hydroxylation is 1. The smallest absolute Gasteiger partial charge is 0.413 e. The summed E-state index contributed by atoms with van der Waals surface area (Å²) >= 11 is 0. The number of hydrogen-bond donors (Lipinski definition) is 4. The van der Waals surface area contributed by atoms with Crippen LogP contribution in [0.25, 0.3) is 0 Å². The fourth-order valence-corrected chi connectivity index (χ4v) is 4.02. The number of aliphatic imine (C=N–C) groups is 1. The lowest BCUT2D eigenvalue weighted by Crippen LogP contribution is -2.48. The number of nitrogens with two attached hydrogens (primary N) is 1. The lowest BCUT2D eigenvalue weighted by atomic mass is 9.90. The summed E-state index contributed by atoms with van der Waals surface area (Å²) in [5.74, 6) is -1.25. The number of alkyl carbamates (subject to hydrolysis) is 1. The van der Waals surface area contributed by atoms with E-state index in [1.54, 1.807) is 0 Å². The Morgan fingerprint density at radius 3 is 2.03 bits per heavy atom. The van der Waals surface area contributed by atoms with E-state index in [-0.39, 0.29) is 24.3 Å². The molecule has 39 heavy (non-hydrogen) atoms. The van der Waals surface area contributed by atoms with Gasteiger partial charge in [-0.2, -0.15) is 0 Å². The lowest BCUT2D eigenvalue weighted by Gasteiger charge is -2.23. The highest BCUT2D eigenvalue weighted by Crippen LogP contribution is 2.25. The van der Waals surface area contributed by atoms with Gasteiger partial charge in [0.1, 0.15) is 6.04 Å². The molecule has 9 heteroatoms. The van der Waals surface area contributed by atoms with Crippen molar-refractivity contribution in [3.8, 4) is 0 Å². The zero-order valence-corrected chi connectivity index (χ0v) is 22.2. The molecule has 3 amide bonds. The van der Waals surface area contributed by atoms with Gasteiger partial charge in [-0.1, -0.05) is 90.5 Å². The molecule has 0 saturated carbocycles. The van der Waals surface area contributed by atoms with Crippen molar-refractivity contribution in [2.24, 2.45) is 10.7 Å². The first-order valence-electron chi connectivity index (χ1n) is 12.8. The Morgan fingerprint density at radius 2 is 1.46 bits per heavy atom. The van der Waals surface area contributed by atoms with Crippen molar-refractivity contribution < 1.29 is 19.1 Å². The number of nitrogens with one attached hydrogen (secondary N) is 3. The Morgan fingerprint density at radius 1 is 0.872 bits per heavy atom. The predicted molar refractivity (Wildman–Crippen MR) is 151 cm³/mol. The summed E-state index contributed by atoms with van der Waals surface area (Å²) in [5, 5.41) is 8.19. The van der Waals surface area contributed by atoms with E-state index in [0.717, 1.165) is 22.3 Å². The molecule has 1 unspecified atom stereocenters. The van der Waals surface area contributed by atoms with Gasteiger partial charge in [-0.05, 0) is 36.5 Å². The number of carbonyl (C=O) groups excluding carboxylic acids is 3. The first kappa shape index (κ1) is 28.9. The van der Waals surface area contributed by atoms with E-state index in [1.165, 1.54) is 7.11 Å². The van der Waals surface area contributed by atoms with Gasteiger partial charge in [0, 0.05) is 13.1 Å². The van der Waals surface area contributed by atoms with Crippen LogP contribution in [0.1, 0.15) is 41.0 Å². The van der Waals surface area contributed by atoms with Crippen LogP contribution in [0.4, 0.5) is 4.79 Å². The van der Waals surface area contributed by atoms with Crippen LogP contribution in [0.5, 0.6) is 0 Å². The largest absolute Gasteiger partial charge is 0.453 e. The first-order valence-corrected chi connectivity index (χ1v) is 12.8. The molecule has 0 aliphatic heterocycles. The Labute approximate surface area is 228 Å². The van der Waals surface area contributed by atoms with Crippen LogP contribution in [-0.4, -0.2) is 43.6 Å². The van der Waals surface area contributed by atoms with Gasteiger partial charge in [0.05, 0.1) is 13.0 Å². The summed E-state index contributed by atoms with van der Waals surface area (Å²) in [6.07, 6.45) is 0.0367. The Hall–Kier alpha value is -4.66. The number of nitrogens with zero attached hydrogens (tertiary/aromatic N) is 1. The molecule has 0 aromatic heterocycles. The van der Waals surface area contributed by atoms with Crippen molar-refractivity contribution in [1.29, 1.82) is 0 Å². The summed E-state index contributed by atoms with van der Waals surface area (Å²) < 4.78 is 4.49. The molecule has 0 bridgehead atoms. The summed E-state index contributed by atoms with van der Waals surface area (Å²) in [6, 6.07) is 26.0. The minimum Gasteiger partial charge on any atom is -0.453 e. The second-order valence-electron chi connectivity index (χ2n) is 9.04. The minimum atomic E-state index is -0.803. The molecule has 5 N–H and O–H groups in total. The Bertz CT molecular complexity index is 1210. The molecule has 204 valence electrons. The van der Waals surface area contributed by atoms with Gasteiger partial charge < -0.3 is 21.1 Å². The van der Waals surface area contributed by atoms with Gasteiger partial charge in [0.15, 0.2) is 5.96 Å². The van der Waals surface area contributed by atoms with Crippen LogP contribution in [0.15, 0.2) is 89.9 Å². The molecule has 0 heterocycles. The molecule has 3 aromatic carbocycles.